The molecule has 0 unspecified atom stereocenters. The number of hydrogen-bond donors (Lipinski definition) is 1. The minimum absolute atomic E-state index is 0.0590. The van der Waals surface area contributed by atoms with E-state index in [0.29, 0.717) is 54.6 Å². The third-order valence-electron chi connectivity index (χ3n) is 5.06. The van der Waals surface area contributed by atoms with Crippen LogP contribution in [-0.4, -0.2) is 44.0 Å². The Morgan fingerprint density at radius 1 is 1.13 bits per heavy atom. The number of halogens is 2. The highest BCUT2D eigenvalue weighted by Crippen LogP contribution is 2.25. The van der Waals surface area contributed by atoms with Crippen LogP contribution in [0.25, 0.3) is 0 Å². The third kappa shape index (κ3) is 5.75. The number of piperidine rings is 1. The van der Waals surface area contributed by atoms with E-state index in [1.165, 1.54) is 22.1 Å². The standard InChI is InChI=1S/C21H24ClFN2O3S2/c22-19-7-4-8-20(23)18(19)15-29-14-11-24-21(26)16-9-12-25(13-10-16)30(27,28)17-5-2-1-3-6-17/h1-8,16H,9-15H2,(H,24,26). The van der Waals surface area contributed by atoms with Crippen LogP contribution in [0.1, 0.15) is 18.4 Å². The van der Waals surface area contributed by atoms with E-state index < -0.39 is 10.0 Å². The van der Waals surface area contributed by atoms with Crippen molar-refractivity contribution < 1.29 is 17.6 Å². The number of amides is 1. The van der Waals surface area contributed by atoms with Crippen molar-refractivity contribution in [2.24, 2.45) is 5.92 Å². The summed E-state index contributed by atoms with van der Waals surface area (Å²) in [7, 11) is -3.51. The smallest absolute Gasteiger partial charge is 0.243 e. The number of rotatable bonds is 8. The minimum Gasteiger partial charge on any atom is -0.355 e. The summed E-state index contributed by atoms with van der Waals surface area (Å²) in [6.07, 6.45) is 0.992. The SMILES string of the molecule is O=C(NCCSCc1c(F)cccc1Cl)C1CCN(S(=O)(=O)c2ccccc2)CC1. The van der Waals surface area contributed by atoms with Gasteiger partial charge in [-0.3, -0.25) is 4.79 Å². The Kier molecular flexibility index (Phi) is 8.16. The Bertz CT molecular complexity index is 945. The van der Waals surface area contributed by atoms with Gasteiger partial charge in [0.15, 0.2) is 0 Å². The summed E-state index contributed by atoms with van der Waals surface area (Å²) in [5.74, 6) is 0.500. The first-order valence-electron chi connectivity index (χ1n) is 9.73. The van der Waals surface area contributed by atoms with Gasteiger partial charge in [0.1, 0.15) is 5.82 Å². The molecule has 1 N–H and O–H groups in total. The maximum atomic E-state index is 13.7. The van der Waals surface area contributed by atoms with Gasteiger partial charge in [-0.25, -0.2) is 12.8 Å². The molecule has 0 bridgehead atoms. The normalized spacial score (nSPS) is 15.8. The van der Waals surface area contributed by atoms with Crippen LogP contribution in [-0.2, 0) is 20.6 Å². The van der Waals surface area contributed by atoms with Crippen molar-refractivity contribution in [2.45, 2.75) is 23.5 Å². The van der Waals surface area contributed by atoms with E-state index in [1.54, 1.807) is 42.5 Å². The monoisotopic (exact) mass is 470 g/mol. The van der Waals surface area contributed by atoms with Crippen LogP contribution in [0, 0.1) is 11.7 Å². The van der Waals surface area contributed by atoms with Gasteiger partial charge in [0.2, 0.25) is 15.9 Å². The van der Waals surface area contributed by atoms with Crippen LogP contribution in [0.5, 0.6) is 0 Å². The minimum atomic E-state index is -3.51. The molecule has 0 saturated carbocycles. The fourth-order valence-corrected chi connectivity index (χ4v) is 6.02. The number of carbonyl (C=O) groups excluding carboxylic acids is 1. The summed E-state index contributed by atoms with van der Waals surface area (Å²) in [4.78, 5) is 12.7. The molecule has 30 heavy (non-hydrogen) atoms. The molecule has 1 heterocycles. The van der Waals surface area contributed by atoms with Crippen LogP contribution in [0.15, 0.2) is 53.4 Å². The predicted molar refractivity (Wildman–Crippen MR) is 119 cm³/mol. The summed E-state index contributed by atoms with van der Waals surface area (Å²) in [6.45, 7) is 1.13. The Hall–Kier alpha value is -1.61. The second-order valence-corrected chi connectivity index (χ2v) is 10.5. The highest BCUT2D eigenvalue weighted by Gasteiger charge is 2.31. The molecule has 3 rings (SSSR count). The lowest BCUT2D eigenvalue weighted by Gasteiger charge is -2.30. The number of carbonyl (C=O) groups is 1. The summed E-state index contributed by atoms with van der Waals surface area (Å²) >= 11 is 7.51. The van der Waals surface area contributed by atoms with Gasteiger partial charge in [-0.15, -0.1) is 0 Å². The van der Waals surface area contributed by atoms with Crippen molar-refractivity contribution in [2.75, 3.05) is 25.4 Å². The number of nitrogens with one attached hydrogen (secondary N) is 1. The number of benzene rings is 2. The van der Waals surface area contributed by atoms with Gasteiger partial charge in [-0.2, -0.15) is 16.1 Å². The molecule has 0 spiro atoms. The Balaban J connectivity index is 1.39. The molecular weight excluding hydrogens is 447 g/mol. The zero-order chi connectivity index (χ0) is 21.6. The van der Waals surface area contributed by atoms with Crippen LogP contribution in [0.4, 0.5) is 4.39 Å². The quantitative estimate of drug-likeness (QED) is 0.593. The summed E-state index contributed by atoms with van der Waals surface area (Å²) in [5.41, 5.74) is 0.475. The second-order valence-electron chi connectivity index (χ2n) is 7.04. The lowest BCUT2D eigenvalue weighted by atomic mass is 9.97. The lowest BCUT2D eigenvalue weighted by molar-refractivity contribution is -0.125. The molecule has 1 aliphatic rings. The average molecular weight is 471 g/mol. The maximum Gasteiger partial charge on any atom is 0.243 e. The number of hydrogen-bond acceptors (Lipinski definition) is 4. The molecule has 0 atom stereocenters. The molecule has 5 nitrogen and oxygen atoms in total. The van der Waals surface area contributed by atoms with E-state index in [0.717, 1.165) is 0 Å². The molecule has 162 valence electrons. The molecule has 1 aliphatic heterocycles. The van der Waals surface area contributed by atoms with Gasteiger partial charge >= 0.3 is 0 Å². The number of nitrogens with zero attached hydrogens (tertiary/aromatic N) is 1. The first kappa shape index (κ1) is 23.1. The number of sulfonamides is 1. The molecule has 1 amide bonds. The van der Waals surface area contributed by atoms with E-state index >= 15 is 0 Å². The van der Waals surface area contributed by atoms with Crippen molar-refractivity contribution >= 4 is 39.3 Å². The van der Waals surface area contributed by atoms with Crippen molar-refractivity contribution in [3.05, 3.63) is 64.9 Å². The maximum absolute atomic E-state index is 13.7. The zero-order valence-electron chi connectivity index (χ0n) is 16.4. The topological polar surface area (TPSA) is 66.5 Å². The van der Waals surface area contributed by atoms with Gasteiger partial charge < -0.3 is 5.32 Å². The fraction of sp³-hybridized carbons (Fsp3) is 0.381. The van der Waals surface area contributed by atoms with Crippen molar-refractivity contribution in [3.8, 4) is 0 Å². The Morgan fingerprint density at radius 2 is 1.83 bits per heavy atom. The Morgan fingerprint density at radius 3 is 2.50 bits per heavy atom. The third-order valence-corrected chi connectivity index (χ3v) is 8.31. The zero-order valence-corrected chi connectivity index (χ0v) is 18.8. The van der Waals surface area contributed by atoms with E-state index in [2.05, 4.69) is 5.32 Å². The number of thioether (sulfide) groups is 1. The summed E-state index contributed by atoms with van der Waals surface area (Å²) in [5, 5.41) is 3.30. The van der Waals surface area contributed by atoms with Crippen LogP contribution < -0.4 is 5.32 Å². The molecule has 2 aromatic rings. The summed E-state index contributed by atoms with van der Waals surface area (Å²) < 4.78 is 40.5. The first-order valence-corrected chi connectivity index (χ1v) is 12.7. The van der Waals surface area contributed by atoms with Gasteiger partial charge in [-0.1, -0.05) is 35.9 Å². The van der Waals surface area contributed by atoms with E-state index in [-0.39, 0.29) is 22.5 Å². The molecule has 1 saturated heterocycles. The first-order chi connectivity index (χ1) is 14.4. The molecule has 9 heteroatoms. The van der Waals surface area contributed by atoms with Gasteiger partial charge in [0, 0.05) is 47.6 Å². The largest absolute Gasteiger partial charge is 0.355 e. The van der Waals surface area contributed by atoms with Crippen molar-refractivity contribution in [3.63, 3.8) is 0 Å². The van der Waals surface area contributed by atoms with Crippen LogP contribution in [0.3, 0.4) is 0 Å². The van der Waals surface area contributed by atoms with Gasteiger partial charge in [-0.05, 0) is 37.1 Å². The molecule has 0 aromatic heterocycles. The summed E-state index contributed by atoms with van der Waals surface area (Å²) in [6, 6.07) is 13.0. The highest BCUT2D eigenvalue weighted by molar-refractivity contribution is 7.98. The van der Waals surface area contributed by atoms with E-state index in [9.17, 15) is 17.6 Å². The Labute approximate surface area is 186 Å². The van der Waals surface area contributed by atoms with E-state index in [1.807, 2.05) is 0 Å². The predicted octanol–water partition coefficient (Wildman–Crippen LogP) is 3.93. The van der Waals surface area contributed by atoms with Crippen molar-refractivity contribution in [1.29, 1.82) is 0 Å². The van der Waals surface area contributed by atoms with Gasteiger partial charge in [0.05, 0.1) is 4.90 Å². The lowest BCUT2D eigenvalue weighted by Crippen LogP contribution is -2.43. The average Bonchev–Trinajstić information content (AvgIpc) is 2.76. The molecule has 2 aromatic carbocycles. The van der Waals surface area contributed by atoms with E-state index in [4.69, 9.17) is 11.6 Å². The van der Waals surface area contributed by atoms with Crippen molar-refractivity contribution in [1.82, 2.24) is 9.62 Å². The second kappa shape index (κ2) is 10.6. The molecule has 1 fully saturated rings. The van der Waals surface area contributed by atoms with Gasteiger partial charge in [0.25, 0.3) is 0 Å². The highest BCUT2D eigenvalue weighted by atomic mass is 35.5. The van der Waals surface area contributed by atoms with Crippen LogP contribution in [0.2, 0.25) is 5.02 Å². The molecule has 0 aliphatic carbocycles. The molecule has 0 radical (unpaired) electrons. The van der Waals surface area contributed by atoms with Crippen LogP contribution >= 0.6 is 23.4 Å². The fourth-order valence-electron chi connectivity index (χ4n) is 3.34. The molecular formula is C21H24ClFN2O3S2.